The lowest BCUT2D eigenvalue weighted by atomic mass is 9.73. The summed E-state index contributed by atoms with van der Waals surface area (Å²) in [6.07, 6.45) is -1.23. The van der Waals surface area contributed by atoms with Gasteiger partial charge in [-0.25, -0.2) is 4.79 Å². The summed E-state index contributed by atoms with van der Waals surface area (Å²) in [5, 5.41) is 43.5. The highest BCUT2D eigenvalue weighted by Crippen LogP contribution is 2.44. The van der Waals surface area contributed by atoms with E-state index < -0.39 is 44.8 Å². The molecule has 1 unspecified atom stereocenters. The van der Waals surface area contributed by atoms with E-state index in [1.54, 1.807) is 6.07 Å². The summed E-state index contributed by atoms with van der Waals surface area (Å²) in [6.45, 7) is 0. The number of benzene rings is 1. The Morgan fingerprint density at radius 1 is 1.00 bits per heavy atom. The summed E-state index contributed by atoms with van der Waals surface area (Å²) >= 11 is 0. The van der Waals surface area contributed by atoms with E-state index in [1.807, 2.05) is 0 Å². The fourth-order valence-electron chi connectivity index (χ4n) is 2.76. The zero-order valence-electron chi connectivity index (χ0n) is 12.0. The number of hydrogen-bond donors (Lipinski definition) is 1. The molecule has 0 aliphatic heterocycles. The summed E-state index contributed by atoms with van der Waals surface area (Å²) < 4.78 is 0. The van der Waals surface area contributed by atoms with Gasteiger partial charge >= 0.3 is 17.2 Å². The van der Waals surface area contributed by atoms with Crippen LogP contribution in [0.15, 0.2) is 36.4 Å². The van der Waals surface area contributed by atoms with Crippen LogP contribution >= 0.6 is 0 Å². The number of carboxylic acids is 1. The summed E-state index contributed by atoms with van der Waals surface area (Å²) in [4.78, 5) is 42.0. The monoisotopic (exact) mass is 337 g/mol. The first-order valence-corrected chi connectivity index (χ1v) is 6.61. The third-order valence-electron chi connectivity index (χ3n) is 4.05. The maximum atomic E-state index is 11.7. The van der Waals surface area contributed by atoms with Crippen molar-refractivity contribution in [2.75, 3.05) is 0 Å². The van der Waals surface area contributed by atoms with Crippen LogP contribution in [0.5, 0.6) is 0 Å². The minimum absolute atomic E-state index is 0.164. The first-order valence-electron chi connectivity index (χ1n) is 6.61. The molecule has 0 saturated carbocycles. The van der Waals surface area contributed by atoms with Crippen molar-refractivity contribution in [2.45, 2.75) is 24.0 Å². The van der Waals surface area contributed by atoms with Crippen molar-refractivity contribution in [3.05, 3.63) is 72.3 Å². The molecule has 24 heavy (non-hydrogen) atoms. The SMILES string of the molecule is O=C(O)C1([N+](=O)[O-])CC([N+](=O)[O-])([N+](=O)[O-])CC=C1c1ccccc1. The van der Waals surface area contributed by atoms with Crippen molar-refractivity contribution in [1.82, 2.24) is 0 Å². The van der Waals surface area contributed by atoms with Crippen LogP contribution in [0.1, 0.15) is 18.4 Å². The molecule has 1 aromatic rings. The molecule has 1 N–H and O–H groups in total. The predicted molar refractivity (Wildman–Crippen MR) is 77.7 cm³/mol. The van der Waals surface area contributed by atoms with E-state index in [0.29, 0.717) is 0 Å². The van der Waals surface area contributed by atoms with Gasteiger partial charge < -0.3 is 5.11 Å². The number of hydrogen-bond acceptors (Lipinski definition) is 7. The minimum Gasteiger partial charge on any atom is -0.476 e. The highest BCUT2D eigenvalue weighted by molar-refractivity contribution is 5.95. The molecule has 0 spiro atoms. The normalized spacial score (nSPS) is 22.2. The topological polar surface area (TPSA) is 167 Å². The van der Waals surface area contributed by atoms with Gasteiger partial charge in [0.15, 0.2) is 6.42 Å². The third kappa shape index (κ3) is 2.26. The second-order valence-corrected chi connectivity index (χ2v) is 5.28. The highest BCUT2D eigenvalue weighted by Gasteiger charge is 2.72. The summed E-state index contributed by atoms with van der Waals surface area (Å²) in [6, 6.07) is 7.41. The Kier molecular flexibility index (Phi) is 4.02. The average Bonchev–Trinajstić information content (AvgIpc) is 2.54. The van der Waals surface area contributed by atoms with Gasteiger partial charge in [0, 0.05) is 10.5 Å². The first kappa shape index (κ1) is 17.0. The Balaban J connectivity index is 2.77. The van der Waals surface area contributed by atoms with E-state index in [1.165, 1.54) is 24.3 Å². The summed E-state index contributed by atoms with van der Waals surface area (Å²) in [5.41, 5.74) is -6.10. The molecule has 126 valence electrons. The van der Waals surface area contributed by atoms with Crippen molar-refractivity contribution >= 4 is 11.5 Å². The van der Waals surface area contributed by atoms with Crippen LogP contribution < -0.4 is 0 Å². The fourth-order valence-corrected chi connectivity index (χ4v) is 2.76. The quantitative estimate of drug-likeness (QED) is 0.475. The Morgan fingerprint density at radius 3 is 1.96 bits per heavy atom. The second-order valence-electron chi connectivity index (χ2n) is 5.28. The number of carboxylic acid groups (broad SMARTS) is 1. The standard InChI is InChI=1S/C13H11N3O8/c17-11(18)13(16(23)24)8-12(14(19)20,15(21)22)7-6-10(13)9-4-2-1-3-5-9/h1-6H,7-8H2,(H,17,18). The van der Waals surface area contributed by atoms with Crippen molar-refractivity contribution < 1.29 is 24.7 Å². The maximum Gasteiger partial charge on any atom is 0.469 e. The lowest BCUT2D eigenvalue weighted by molar-refractivity contribution is -0.803. The molecule has 2 rings (SSSR count). The molecule has 0 aromatic heterocycles. The van der Waals surface area contributed by atoms with Crippen LogP contribution in [0.25, 0.3) is 5.57 Å². The summed E-state index contributed by atoms with van der Waals surface area (Å²) in [5.74, 6) is -1.99. The van der Waals surface area contributed by atoms with Crippen LogP contribution in [0.4, 0.5) is 0 Å². The minimum atomic E-state index is -2.99. The van der Waals surface area contributed by atoms with Gasteiger partial charge in [-0.15, -0.1) is 0 Å². The van der Waals surface area contributed by atoms with Crippen LogP contribution in [0, 0.1) is 30.3 Å². The zero-order chi connectivity index (χ0) is 18.1. The molecule has 1 atom stereocenters. The molecule has 0 heterocycles. The van der Waals surface area contributed by atoms with Gasteiger partial charge in [0.1, 0.15) is 6.42 Å². The van der Waals surface area contributed by atoms with E-state index in [9.17, 15) is 40.2 Å². The molecule has 0 fully saturated rings. The van der Waals surface area contributed by atoms with E-state index in [2.05, 4.69) is 0 Å². The van der Waals surface area contributed by atoms with E-state index in [4.69, 9.17) is 0 Å². The van der Waals surface area contributed by atoms with E-state index >= 15 is 0 Å². The Labute approximate surface area is 133 Å². The predicted octanol–water partition coefficient (Wildman–Crippen LogP) is 1.21. The molecular formula is C13H11N3O8. The van der Waals surface area contributed by atoms with Crippen molar-refractivity contribution in [3.63, 3.8) is 0 Å². The third-order valence-corrected chi connectivity index (χ3v) is 4.05. The number of nitro groups is 3. The largest absolute Gasteiger partial charge is 0.476 e. The van der Waals surface area contributed by atoms with Gasteiger partial charge in [-0.05, 0) is 5.56 Å². The van der Waals surface area contributed by atoms with Gasteiger partial charge in [-0.3, -0.25) is 30.3 Å². The Morgan fingerprint density at radius 2 is 1.54 bits per heavy atom. The second kappa shape index (κ2) is 5.68. The van der Waals surface area contributed by atoms with Crippen molar-refractivity contribution in [3.8, 4) is 0 Å². The molecule has 11 heteroatoms. The van der Waals surface area contributed by atoms with Gasteiger partial charge in [-0.1, -0.05) is 36.4 Å². The maximum absolute atomic E-state index is 11.7. The van der Waals surface area contributed by atoms with Gasteiger partial charge in [0.2, 0.25) is 0 Å². The molecule has 11 nitrogen and oxygen atoms in total. The van der Waals surface area contributed by atoms with Crippen molar-refractivity contribution in [1.29, 1.82) is 0 Å². The number of rotatable bonds is 5. The molecule has 1 aliphatic carbocycles. The Bertz CT molecular complexity index is 730. The van der Waals surface area contributed by atoms with Gasteiger partial charge in [0.05, 0.1) is 9.85 Å². The van der Waals surface area contributed by atoms with Gasteiger partial charge in [-0.2, -0.15) is 0 Å². The molecule has 0 saturated heterocycles. The van der Waals surface area contributed by atoms with Gasteiger partial charge in [0.25, 0.3) is 0 Å². The number of nitrogens with zero attached hydrogens (tertiary/aromatic N) is 3. The number of aliphatic carboxylic acids is 1. The van der Waals surface area contributed by atoms with E-state index in [0.717, 1.165) is 6.08 Å². The molecule has 1 aliphatic rings. The molecule has 0 amide bonds. The van der Waals surface area contributed by atoms with Crippen LogP contribution in [0.2, 0.25) is 0 Å². The van der Waals surface area contributed by atoms with E-state index in [-0.39, 0.29) is 11.1 Å². The molecule has 0 bridgehead atoms. The first-order chi connectivity index (χ1) is 11.2. The molecule has 0 radical (unpaired) electrons. The van der Waals surface area contributed by atoms with Crippen LogP contribution in [-0.4, -0.2) is 37.0 Å². The van der Waals surface area contributed by atoms with Crippen molar-refractivity contribution in [2.24, 2.45) is 0 Å². The smallest absolute Gasteiger partial charge is 0.469 e. The lowest BCUT2D eigenvalue weighted by Crippen LogP contribution is -2.60. The fraction of sp³-hybridized carbons (Fsp3) is 0.308. The average molecular weight is 337 g/mol. The van der Waals surface area contributed by atoms with Crippen LogP contribution in [0.3, 0.4) is 0 Å². The lowest BCUT2D eigenvalue weighted by Gasteiger charge is -2.30. The Hall–Kier alpha value is -3.37. The number of carbonyl (C=O) groups is 1. The highest BCUT2D eigenvalue weighted by atomic mass is 16.7. The molecule has 1 aromatic carbocycles. The molecular weight excluding hydrogens is 326 g/mol. The van der Waals surface area contributed by atoms with Crippen LogP contribution in [-0.2, 0) is 4.79 Å². The zero-order valence-corrected chi connectivity index (χ0v) is 12.0. The summed E-state index contributed by atoms with van der Waals surface area (Å²) in [7, 11) is 0.